The van der Waals surface area contributed by atoms with Gasteiger partial charge in [-0.2, -0.15) is 0 Å². The third-order valence-electron chi connectivity index (χ3n) is 2.97. The van der Waals surface area contributed by atoms with Crippen LogP contribution in [0.25, 0.3) is 0 Å². The molecule has 0 bridgehead atoms. The number of rotatable bonds is 3. The van der Waals surface area contributed by atoms with Gasteiger partial charge in [0.15, 0.2) is 18.1 Å². The molecule has 0 spiro atoms. The third-order valence-corrected chi connectivity index (χ3v) is 2.97. The number of aliphatic hydroxyl groups excluding tert-OH is 1. The van der Waals surface area contributed by atoms with Gasteiger partial charge in [-0.25, -0.2) is 0 Å². The number of piperidine rings is 1. The molecule has 2 N–H and O–H groups in total. The normalized spacial score (nSPS) is 19.6. The van der Waals surface area contributed by atoms with Gasteiger partial charge in [0.1, 0.15) is 0 Å². The SMILES string of the molecule is O=C(COc1ccccc1O)N1CCC[C@H](O)C1. The predicted octanol–water partition coefficient (Wildman–Crippen LogP) is 0.754. The summed E-state index contributed by atoms with van der Waals surface area (Å²) < 4.78 is 5.26. The van der Waals surface area contributed by atoms with E-state index >= 15 is 0 Å². The highest BCUT2D eigenvalue weighted by Gasteiger charge is 2.22. The molecule has 0 unspecified atom stereocenters. The highest BCUT2D eigenvalue weighted by Crippen LogP contribution is 2.24. The lowest BCUT2D eigenvalue weighted by molar-refractivity contribution is -0.136. The zero-order valence-corrected chi connectivity index (χ0v) is 10.1. The van der Waals surface area contributed by atoms with Crippen LogP contribution >= 0.6 is 0 Å². The Morgan fingerprint density at radius 2 is 2.22 bits per heavy atom. The van der Waals surface area contributed by atoms with E-state index in [1.807, 2.05) is 0 Å². The van der Waals surface area contributed by atoms with Crippen molar-refractivity contribution in [2.45, 2.75) is 18.9 Å². The van der Waals surface area contributed by atoms with E-state index in [2.05, 4.69) is 0 Å². The van der Waals surface area contributed by atoms with E-state index in [4.69, 9.17) is 4.74 Å². The molecule has 0 aromatic heterocycles. The zero-order chi connectivity index (χ0) is 13.0. The highest BCUT2D eigenvalue weighted by molar-refractivity contribution is 5.78. The molecular weight excluding hydrogens is 234 g/mol. The van der Waals surface area contributed by atoms with E-state index in [1.165, 1.54) is 6.07 Å². The lowest BCUT2D eigenvalue weighted by Gasteiger charge is -2.30. The number of nitrogens with zero attached hydrogens (tertiary/aromatic N) is 1. The summed E-state index contributed by atoms with van der Waals surface area (Å²) in [5, 5.41) is 19.0. The molecule has 1 aliphatic rings. The Hall–Kier alpha value is -1.75. The number of phenols is 1. The summed E-state index contributed by atoms with van der Waals surface area (Å²) in [7, 11) is 0. The van der Waals surface area contributed by atoms with Crippen LogP contribution in [0, 0.1) is 0 Å². The van der Waals surface area contributed by atoms with Gasteiger partial charge in [-0.05, 0) is 25.0 Å². The fourth-order valence-electron chi connectivity index (χ4n) is 1.99. The molecule has 1 fully saturated rings. The standard InChI is InChI=1S/C13H17NO4/c15-10-4-3-7-14(8-10)13(17)9-18-12-6-2-1-5-11(12)16/h1-2,5-6,10,15-16H,3-4,7-9H2/t10-/m0/s1. The van der Waals surface area contributed by atoms with Crippen LogP contribution in [-0.2, 0) is 4.79 Å². The number of benzene rings is 1. The van der Waals surface area contributed by atoms with Crippen LogP contribution in [0.3, 0.4) is 0 Å². The summed E-state index contributed by atoms with van der Waals surface area (Å²) in [5.74, 6) is 0.143. The van der Waals surface area contributed by atoms with Crippen LogP contribution in [0.15, 0.2) is 24.3 Å². The van der Waals surface area contributed by atoms with E-state index in [9.17, 15) is 15.0 Å². The number of hydrogen-bond acceptors (Lipinski definition) is 4. The lowest BCUT2D eigenvalue weighted by atomic mass is 10.1. The van der Waals surface area contributed by atoms with E-state index < -0.39 is 6.10 Å². The van der Waals surface area contributed by atoms with Gasteiger partial charge in [0, 0.05) is 13.1 Å². The topological polar surface area (TPSA) is 70.0 Å². The second-order valence-corrected chi connectivity index (χ2v) is 4.39. The molecule has 1 aromatic carbocycles. The Morgan fingerprint density at radius 1 is 1.44 bits per heavy atom. The molecule has 18 heavy (non-hydrogen) atoms. The fraction of sp³-hybridized carbons (Fsp3) is 0.462. The Morgan fingerprint density at radius 3 is 2.94 bits per heavy atom. The molecule has 1 atom stereocenters. The third kappa shape index (κ3) is 3.13. The summed E-state index contributed by atoms with van der Waals surface area (Å²) in [6, 6.07) is 6.52. The number of hydrogen-bond donors (Lipinski definition) is 2. The maximum Gasteiger partial charge on any atom is 0.260 e. The number of carbonyl (C=O) groups excluding carboxylic acids is 1. The van der Waals surface area contributed by atoms with Gasteiger partial charge < -0.3 is 19.8 Å². The molecule has 1 aliphatic heterocycles. The monoisotopic (exact) mass is 251 g/mol. The summed E-state index contributed by atoms with van der Waals surface area (Å²) in [6.07, 6.45) is 1.11. The lowest BCUT2D eigenvalue weighted by Crippen LogP contribution is -2.44. The number of para-hydroxylation sites is 2. The van der Waals surface area contributed by atoms with Gasteiger partial charge >= 0.3 is 0 Å². The van der Waals surface area contributed by atoms with Crippen molar-refractivity contribution < 1.29 is 19.7 Å². The maximum atomic E-state index is 11.8. The molecule has 2 rings (SSSR count). The fourth-order valence-corrected chi connectivity index (χ4v) is 1.99. The number of phenolic OH excluding ortho intramolecular Hbond substituents is 1. The Labute approximate surface area is 106 Å². The second-order valence-electron chi connectivity index (χ2n) is 4.39. The summed E-state index contributed by atoms with van der Waals surface area (Å²) in [5.41, 5.74) is 0. The predicted molar refractivity (Wildman–Crippen MR) is 65.4 cm³/mol. The number of amides is 1. The number of β-amino-alcohol motifs (C(OH)–C–C–N with tert-alkyl or cyclic N) is 1. The van der Waals surface area contributed by atoms with Crippen LogP contribution in [0.1, 0.15) is 12.8 Å². The molecule has 1 heterocycles. The Kier molecular flexibility index (Phi) is 4.04. The molecule has 5 heteroatoms. The van der Waals surface area contributed by atoms with Gasteiger partial charge in [0.25, 0.3) is 5.91 Å². The molecule has 0 radical (unpaired) electrons. The van der Waals surface area contributed by atoms with Crippen LogP contribution in [0.5, 0.6) is 11.5 Å². The largest absolute Gasteiger partial charge is 0.504 e. The van der Waals surface area contributed by atoms with Crippen molar-refractivity contribution in [2.24, 2.45) is 0 Å². The molecule has 5 nitrogen and oxygen atoms in total. The highest BCUT2D eigenvalue weighted by atomic mass is 16.5. The number of ether oxygens (including phenoxy) is 1. The summed E-state index contributed by atoms with van der Waals surface area (Å²) >= 11 is 0. The van der Waals surface area contributed by atoms with Gasteiger partial charge in [-0.15, -0.1) is 0 Å². The first-order chi connectivity index (χ1) is 8.66. The number of likely N-dealkylation sites (tertiary alicyclic amines) is 1. The summed E-state index contributed by atoms with van der Waals surface area (Å²) in [4.78, 5) is 13.4. The first-order valence-electron chi connectivity index (χ1n) is 6.03. The van der Waals surface area contributed by atoms with Crippen molar-refractivity contribution in [3.05, 3.63) is 24.3 Å². The molecule has 0 saturated carbocycles. The molecular formula is C13H17NO4. The average molecular weight is 251 g/mol. The second kappa shape index (κ2) is 5.73. The van der Waals surface area contributed by atoms with Crippen molar-refractivity contribution in [1.29, 1.82) is 0 Å². The Bertz CT molecular complexity index is 421. The van der Waals surface area contributed by atoms with E-state index in [0.29, 0.717) is 18.8 Å². The van der Waals surface area contributed by atoms with E-state index in [-0.39, 0.29) is 18.3 Å². The van der Waals surface area contributed by atoms with Crippen molar-refractivity contribution >= 4 is 5.91 Å². The Balaban J connectivity index is 1.86. The van der Waals surface area contributed by atoms with Gasteiger partial charge in [0.05, 0.1) is 6.10 Å². The van der Waals surface area contributed by atoms with E-state index in [1.54, 1.807) is 23.1 Å². The van der Waals surface area contributed by atoms with Crippen LogP contribution in [0.2, 0.25) is 0 Å². The van der Waals surface area contributed by atoms with E-state index in [0.717, 1.165) is 12.8 Å². The first-order valence-corrected chi connectivity index (χ1v) is 6.03. The van der Waals surface area contributed by atoms with Crippen LogP contribution < -0.4 is 4.74 Å². The van der Waals surface area contributed by atoms with Crippen molar-refractivity contribution in [3.63, 3.8) is 0 Å². The van der Waals surface area contributed by atoms with Gasteiger partial charge in [-0.3, -0.25) is 4.79 Å². The number of carbonyl (C=O) groups is 1. The smallest absolute Gasteiger partial charge is 0.260 e. The van der Waals surface area contributed by atoms with Crippen molar-refractivity contribution in [2.75, 3.05) is 19.7 Å². The molecule has 1 aromatic rings. The number of aromatic hydroxyl groups is 1. The first kappa shape index (κ1) is 12.7. The minimum atomic E-state index is -0.437. The zero-order valence-electron chi connectivity index (χ0n) is 10.1. The minimum absolute atomic E-state index is 0.0176. The maximum absolute atomic E-state index is 11.8. The van der Waals surface area contributed by atoms with Crippen molar-refractivity contribution in [1.82, 2.24) is 4.90 Å². The minimum Gasteiger partial charge on any atom is -0.504 e. The molecule has 1 saturated heterocycles. The summed E-state index contributed by atoms with van der Waals surface area (Å²) in [6.45, 7) is 0.896. The molecule has 98 valence electrons. The molecule has 1 amide bonds. The van der Waals surface area contributed by atoms with Gasteiger partial charge in [0.2, 0.25) is 0 Å². The van der Waals surface area contributed by atoms with Crippen LogP contribution in [-0.4, -0.2) is 46.8 Å². The average Bonchev–Trinajstić information content (AvgIpc) is 2.37. The van der Waals surface area contributed by atoms with Crippen LogP contribution in [0.4, 0.5) is 0 Å². The van der Waals surface area contributed by atoms with Gasteiger partial charge in [-0.1, -0.05) is 12.1 Å². The number of aliphatic hydroxyl groups is 1. The quantitative estimate of drug-likeness (QED) is 0.832. The van der Waals surface area contributed by atoms with Crippen molar-refractivity contribution in [3.8, 4) is 11.5 Å². The molecule has 0 aliphatic carbocycles.